The summed E-state index contributed by atoms with van der Waals surface area (Å²) in [6.07, 6.45) is 2.15. The molecule has 0 aliphatic carbocycles. The average molecular weight is 528 g/mol. The number of hydrogen-bond acceptors (Lipinski definition) is 8. The van der Waals surface area contributed by atoms with Gasteiger partial charge in [-0.1, -0.05) is 0 Å². The average Bonchev–Trinajstić information content (AvgIpc) is 3.64. The van der Waals surface area contributed by atoms with E-state index in [1.54, 1.807) is 23.1 Å². The molecule has 1 amide bonds. The summed E-state index contributed by atoms with van der Waals surface area (Å²) in [5.74, 6) is 0.978. The first kappa shape index (κ1) is 23.0. The molecule has 39 heavy (non-hydrogen) atoms. The summed E-state index contributed by atoms with van der Waals surface area (Å²) in [5, 5.41) is 10.8. The summed E-state index contributed by atoms with van der Waals surface area (Å²) in [5.41, 5.74) is 3.12. The zero-order valence-corrected chi connectivity index (χ0v) is 20.7. The third kappa shape index (κ3) is 4.06. The number of carbonyl (C=O) groups is 1. The van der Waals surface area contributed by atoms with Crippen LogP contribution in [0.3, 0.4) is 0 Å². The van der Waals surface area contributed by atoms with E-state index >= 15 is 4.39 Å². The minimum atomic E-state index is -0.548. The van der Waals surface area contributed by atoms with E-state index in [9.17, 15) is 4.79 Å². The maximum atomic E-state index is 15.3. The first-order valence-corrected chi connectivity index (χ1v) is 12.4. The van der Waals surface area contributed by atoms with Gasteiger partial charge in [0.2, 0.25) is 12.7 Å². The van der Waals surface area contributed by atoms with Gasteiger partial charge in [0, 0.05) is 41.3 Å². The smallest absolute Gasteiger partial charge is 0.263 e. The molecule has 0 bridgehead atoms. The van der Waals surface area contributed by atoms with E-state index in [0.717, 1.165) is 17.7 Å². The van der Waals surface area contributed by atoms with Crippen molar-refractivity contribution in [3.63, 3.8) is 0 Å². The second-order valence-corrected chi connectivity index (χ2v) is 9.30. The highest BCUT2D eigenvalue weighted by molar-refractivity contribution is 6.02. The van der Waals surface area contributed by atoms with Crippen LogP contribution in [0.4, 0.5) is 16.0 Å². The number of benzene rings is 2. The molecule has 1 fully saturated rings. The van der Waals surface area contributed by atoms with Gasteiger partial charge >= 0.3 is 0 Å². The van der Waals surface area contributed by atoms with E-state index < -0.39 is 5.82 Å². The molecule has 12 heteroatoms. The number of aromatic amines is 2. The van der Waals surface area contributed by atoms with Gasteiger partial charge in [-0.2, -0.15) is 5.10 Å². The topological polar surface area (TPSA) is 130 Å². The van der Waals surface area contributed by atoms with Crippen molar-refractivity contribution in [1.82, 2.24) is 30.0 Å². The molecule has 0 spiro atoms. The lowest BCUT2D eigenvalue weighted by atomic mass is 10.1. The molecular weight excluding hydrogens is 505 g/mol. The summed E-state index contributed by atoms with van der Waals surface area (Å²) in [7, 11) is 0. The van der Waals surface area contributed by atoms with Gasteiger partial charge in [-0.05, 0) is 49.7 Å². The fourth-order valence-corrected chi connectivity index (χ4v) is 4.60. The summed E-state index contributed by atoms with van der Waals surface area (Å²) in [6.45, 7) is 3.24. The van der Waals surface area contributed by atoms with E-state index in [-0.39, 0.29) is 35.7 Å². The third-order valence-electron chi connectivity index (χ3n) is 6.72. The number of aryl methyl sites for hydroxylation is 1. The molecule has 0 unspecified atom stereocenters. The summed E-state index contributed by atoms with van der Waals surface area (Å²) < 4.78 is 32.1. The molecule has 0 radical (unpaired) electrons. The Morgan fingerprint density at radius 2 is 1.97 bits per heavy atom. The van der Waals surface area contributed by atoms with Gasteiger partial charge in [-0.3, -0.25) is 9.89 Å². The highest BCUT2D eigenvalue weighted by Gasteiger charge is 2.30. The van der Waals surface area contributed by atoms with Crippen LogP contribution >= 0.6 is 0 Å². The number of nitrogens with one attached hydrogen (secondary N) is 3. The molecule has 5 aromatic rings. The van der Waals surface area contributed by atoms with Crippen molar-refractivity contribution in [3.05, 3.63) is 65.9 Å². The Balaban J connectivity index is 1.23. The van der Waals surface area contributed by atoms with Crippen LogP contribution in [0.25, 0.3) is 22.2 Å². The van der Waals surface area contributed by atoms with Gasteiger partial charge in [0.25, 0.3) is 5.91 Å². The zero-order valence-electron chi connectivity index (χ0n) is 20.7. The summed E-state index contributed by atoms with van der Waals surface area (Å²) in [6, 6.07) is 12.3. The highest BCUT2D eigenvalue weighted by atomic mass is 19.1. The molecule has 0 saturated carbocycles. The third-order valence-corrected chi connectivity index (χ3v) is 6.72. The van der Waals surface area contributed by atoms with E-state index in [4.69, 9.17) is 14.2 Å². The standard InChI is InChI=1S/C27H22FN7O4/c1-14-9-16-17(31-14)4-6-20(24(16)28)39-26-23(27(36)35-7-2-8-35)25(29-12-30-26)32-22-11-18(33-34-22)15-3-5-19-21(10-15)38-13-37-19/h3-6,9-12,31H,2,7-8,13H2,1H3,(H2,29,30,32,33,34). The van der Waals surface area contributed by atoms with Crippen molar-refractivity contribution in [2.45, 2.75) is 13.3 Å². The molecule has 2 aliphatic rings. The van der Waals surface area contributed by atoms with Gasteiger partial charge in [-0.25, -0.2) is 14.4 Å². The number of likely N-dealkylation sites (tertiary alicyclic amines) is 1. The Morgan fingerprint density at radius 1 is 1.10 bits per heavy atom. The number of ether oxygens (including phenoxy) is 3. The zero-order chi connectivity index (χ0) is 26.5. The van der Waals surface area contributed by atoms with Crippen molar-refractivity contribution >= 4 is 28.4 Å². The molecule has 5 heterocycles. The van der Waals surface area contributed by atoms with Crippen LogP contribution in [0.1, 0.15) is 22.5 Å². The predicted octanol–water partition coefficient (Wildman–Crippen LogP) is 4.91. The first-order chi connectivity index (χ1) is 19.0. The van der Waals surface area contributed by atoms with Crippen LogP contribution in [0, 0.1) is 12.7 Å². The number of rotatable bonds is 6. The molecule has 2 aromatic carbocycles. The van der Waals surface area contributed by atoms with E-state index in [1.165, 1.54) is 12.4 Å². The van der Waals surface area contributed by atoms with Crippen LogP contribution in [0.5, 0.6) is 23.1 Å². The van der Waals surface area contributed by atoms with Crippen molar-refractivity contribution in [2.75, 3.05) is 25.2 Å². The Bertz CT molecular complexity index is 1740. The monoisotopic (exact) mass is 527 g/mol. The number of halogens is 1. The second-order valence-electron chi connectivity index (χ2n) is 9.30. The van der Waals surface area contributed by atoms with Crippen molar-refractivity contribution in [3.8, 4) is 34.4 Å². The number of H-pyrrole nitrogens is 2. The van der Waals surface area contributed by atoms with Crippen molar-refractivity contribution < 1.29 is 23.4 Å². The molecule has 2 aliphatic heterocycles. The van der Waals surface area contributed by atoms with Gasteiger partial charge in [0.15, 0.2) is 34.7 Å². The number of nitrogens with zero attached hydrogens (tertiary/aromatic N) is 4. The lowest BCUT2D eigenvalue weighted by molar-refractivity contribution is 0.0649. The van der Waals surface area contributed by atoms with Crippen molar-refractivity contribution in [1.29, 1.82) is 0 Å². The van der Waals surface area contributed by atoms with Crippen molar-refractivity contribution in [2.24, 2.45) is 0 Å². The Labute approximate surface area is 220 Å². The number of fused-ring (bicyclic) bond motifs is 2. The minimum Gasteiger partial charge on any atom is -0.454 e. The lowest BCUT2D eigenvalue weighted by Gasteiger charge is -2.31. The second kappa shape index (κ2) is 9.01. The van der Waals surface area contributed by atoms with Gasteiger partial charge in [0.05, 0.1) is 5.69 Å². The maximum absolute atomic E-state index is 15.3. The largest absolute Gasteiger partial charge is 0.454 e. The van der Waals surface area contributed by atoms with Gasteiger partial charge in [0.1, 0.15) is 11.9 Å². The minimum absolute atomic E-state index is 0.0475. The van der Waals surface area contributed by atoms with E-state index in [0.29, 0.717) is 47.0 Å². The number of carbonyl (C=O) groups excluding carboxylic acids is 1. The fourth-order valence-electron chi connectivity index (χ4n) is 4.60. The van der Waals surface area contributed by atoms with Crippen LogP contribution in [0.15, 0.2) is 48.8 Å². The number of hydrogen-bond donors (Lipinski definition) is 3. The molecule has 196 valence electrons. The number of aromatic nitrogens is 5. The van der Waals surface area contributed by atoms with Gasteiger partial charge < -0.3 is 29.4 Å². The molecule has 11 nitrogen and oxygen atoms in total. The van der Waals surface area contributed by atoms with Crippen LogP contribution in [-0.4, -0.2) is 55.8 Å². The quantitative estimate of drug-likeness (QED) is 0.284. The molecule has 3 N–H and O–H groups in total. The Kier molecular flexibility index (Phi) is 5.32. The van der Waals surface area contributed by atoms with Crippen LogP contribution in [-0.2, 0) is 0 Å². The fraction of sp³-hybridized carbons (Fsp3) is 0.185. The van der Waals surface area contributed by atoms with Crippen LogP contribution < -0.4 is 19.5 Å². The van der Waals surface area contributed by atoms with E-state index in [1.807, 2.05) is 25.1 Å². The maximum Gasteiger partial charge on any atom is 0.263 e. The van der Waals surface area contributed by atoms with Crippen LogP contribution in [0.2, 0.25) is 0 Å². The Hall–Kier alpha value is -5.13. The lowest BCUT2D eigenvalue weighted by Crippen LogP contribution is -2.42. The highest BCUT2D eigenvalue weighted by Crippen LogP contribution is 2.37. The molecular formula is C27H22FN7O4. The molecule has 0 atom stereocenters. The number of amides is 1. The summed E-state index contributed by atoms with van der Waals surface area (Å²) >= 11 is 0. The normalized spacial score (nSPS) is 13.9. The van der Waals surface area contributed by atoms with E-state index in [2.05, 4.69) is 30.5 Å². The summed E-state index contributed by atoms with van der Waals surface area (Å²) in [4.78, 5) is 26.7. The number of anilines is 2. The molecule has 1 saturated heterocycles. The first-order valence-electron chi connectivity index (χ1n) is 12.4. The molecule has 3 aromatic heterocycles. The SMILES string of the molecule is Cc1cc2c(F)c(Oc3ncnc(Nc4cc(-c5ccc6c(c5)OCO6)[nH]n4)c3C(=O)N3CCC3)ccc2[nH]1. The Morgan fingerprint density at radius 3 is 2.82 bits per heavy atom. The van der Waals surface area contributed by atoms with Gasteiger partial charge in [-0.15, -0.1) is 0 Å². The predicted molar refractivity (Wildman–Crippen MR) is 139 cm³/mol. The molecule has 7 rings (SSSR count).